The number of hydrogen-bond acceptors (Lipinski definition) is 2. The van der Waals surface area contributed by atoms with Crippen LogP contribution in [0.4, 0.5) is 30.7 Å². The summed E-state index contributed by atoms with van der Waals surface area (Å²) in [6.45, 7) is 2.93. The van der Waals surface area contributed by atoms with Gasteiger partial charge in [0.15, 0.2) is 5.76 Å². The molecule has 0 aliphatic carbocycles. The maximum atomic E-state index is 13.5. The lowest BCUT2D eigenvalue weighted by molar-refractivity contribution is -0.391. The first-order valence-electron chi connectivity index (χ1n) is 5.93. The number of rotatable bonds is 9. The van der Waals surface area contributed by atoms with Gasteiger partial charge in [0.25, 0.3) is 6.79 Å². The number of carbonyl (C=O) groups excluding carboxylic acids is 1. The molecule has 0 aromatic heterocycles. The third kappa shape index (κ3) is 4.80. The molecule has 0 N–H and O–H groups in total. The lowest BCUT2D eigenvalue weighted by atomic mass is 10.0. The quantitative estimate of drug-likeness (QED) is 0.163. The van der Waals surface area contributed by atoms with Crippen molar-refractivity contribution in [2.45, 2.75) is 37.3 Å². The van der Waals surface area contributed by atoms with Crippen LogP contribution in [0.2, 0.25) is 0 Å². The van der Waals surface area contributed by atoms with Gasteiger partial charge in [0.2, 0.25) is 0 Å². The van der Waals surface area contributed by atoms with Crippen molar-refractivity contribution in [1.82, 2.24) is 0 Å². The molecule has 0 fully saturated rings. The van der Waals surface area contributed by atoms with E-state index in [1.807, 2.05) is 0 Å². The fourth-order valence-electron chi connectivity index (χ4n) is 1.35. The van der Waals surface area contributed by atoms with E-state index >= 15 is 0 Å². The Morgan fingerprint density at radius 2 is 1.73 bits per heavy atom. The largest absolute Gasteiger partial charge is 0.458 e. The first-order chi connectivity index (χ1) is 9.95. The van der Waals surface area contributed by atoms with Crippen molar-refractivity contribution in [3.05, 3.63) is 17.9 Å². The average molecular weight is 356 g/mol. The first-order valence-corrected chi connectivity index (χ1v) is 6.56. The van der Waals surface area contributed by atoms with Crippen molar-refractivity contribution in [2.24, 2.45) is 0 Å². The Labute approximate surface area is 128 Å². The van der Waals surface area contributed by atoms with Crippen LogP contribution < -0.4 is 0 Å². The molecule has 0 saturated carbocycles. The number of alkyl halides is 7. The lowest BCUT2D eigenvalue weighted by Crippen LogP contribution is -2.55. The van der Waals surface area contributed by atoms with Gasteiger partial charge in [-0.15, -0.1) is 0 Å². The van der Waals surface area contributed by atoms with Gasteiger partial charge in [0.05, 0.1) is 0 Å². The lowest BCUT2D eigenvalue weighted by Gasteiger charge is -2.36. The Hall–Kier alpha value is -0.900. The second-order valence-corrected chi connectivity index (χ2v) is 4.60. The van der Waals surface area contributed by atoms with E-state index in [0.717, 1.165) is 0 Å². The van der Waals surface area contributed by atoms with Gasteiger partial charge >= 0.3 is 18.0 Å². The monoisotopic (exact) mass is 356 g/mol. The zero-order chi connectivity index (χ0) is 17.6. The second kappa shape index (κ2) is 8.09. The van der Waals surface area contributed by atoms with Crippen molar-refractivity contribution in [3.63, 3.8) is 0 Å². The molecule has 130 valence electrons. The summed E-state index contributed by atoms with van der Waals surface area (Å²) in [4.78, 5) is 0. The molecule has 0 aromatic carbocycles. The number of unbranched alkanes of at least 4 members (excludes halogenated alkanes) is 1. The third-order valence-electron chi connectivity index (χ3n) is 2.59. The van der Waals surface area contributed by atoms with Crippen LogP contribution in [0.25, 0.3) is 0 Å². The van der Waals surface area contributed by atoms with E-state index < -0.39 is 24.1 Å². The van der Waals surface area contributed by atoms with Gasteiger partial charge in [-0.1, -0.05) is 12.5 Å². The van der Waals surface area contributed by atoms with Crippen LogP contribution in [-0.2, 0) is 9.16 Å². The Morgan fingerprint density at radius 1 is 1.18 bits per heavy atom. The number of halogens is 7. The molecule has 0 heterocycles. The molecular weight excluding hydrogens is 341 g/mol. The minimum atomic E-state index is -6.44. The molecule has 0 aliphatic heterocycles. The smallest absolute Gasteiger partial charge is 0.436 e. The van der Waals surface area contributed by atoms with E-state index in [-0.39, 0.29) is 12.2 Å². The maximum Gasteiger partial charge on any atom is 0.458 e. The molecule has 22 heavy (non-hydrogen) atoms. The summed E-state index contributed by atoms with van der Waals surface area (Å²) >= 11 is 3.91. The van der Waals surface area contributed by atoms with Gasteiger partial charge < -0.3 is 9.16 Å². The van der Waals surface area contributed by atoms with E-state index in [9.17, 15) is 30.7 Å². The predicted molar refractivity (Wildman–Crippen MR) is 69.1 cm³/mol. The molecule has 0 aromatic rings. The number of hydrogen-bond donors (Lipinski definition) is 1. The van der Waals surface area contributed by atoms with Gasteiger partial charge in [-0.3, -0.25) is 0 Å². The summed E-state index contributed by atoms with van der Waals surface area (Å²) in [5.74, 6) is -11.7. The molecule has 0 spiro atoms. The van der Waals surface area contributed by atoms with Crippen molar-refractivity contribution in [1.29, 1.82) is 0 Å². The van der Waals surface area contributed by atoms with Gasteiger partial charge in [-0.05, 0) is 24.7 Å². The third-order valence-corrected chi connectivity index (χ3v) is 2.90. The zero-order valence-electron chi connectivity index (χ0n) is 11.5. The first kappa shape index (κ1) is 21.1. The SMILES string of the molecule is C=[O+]C(=C[C-](OC)C(F)(F)C(F)(F)C(F)(F)F)CCCCS. The number of ether oxygens (including phenoxy) is 1. The number of methoxy groups -OCH3 is 1. The average Bonchev–Trinajstić information content (AvgIpc) is 2.40. The molecular formula is C12H15F7O2S. The molecule has 0 amide bonds. The van der Waals surface area contributed by atoms with Gasteiger partial charge in [0, 0.05) is 7.11 Å². The summed E-state index contributed by atoms with van der Waals surface area (Å²) in [5.41, 5.74) is 0. The second-order valence-electron chi connectivity index (χ2n) is 4.15. The molecule has 2 nitrogen and oxygen atoms in total. The molecule has 0 saturated heterocycles. The molecule has 10 heteroatoms. The Balaban J connectivity index is 5.42. The van der Waals surface area contributed by atoms with Crippen LogP contribution in [0, 0.1) is 6.10 Å². The molecule has 0 bridgehead atoms. The summed E-state index contributed by atoms with van der Waals surface area (Å²) in [6.07, 6.45) is -7.05. The van der Waals surface area contributed by atoms with Crippen molar-refractivity contribution in [2.75, 3.05) is 12.9 Å². The van der Waals surface area contributed by atoms with Crippen LogP contribution in [0.3, 0.4) is 0 Å². The summed E-state index contributed by atoms with van der Waals surface area (Å²) in [5, 5.41) is 0. The highest BCUT2D eigenvalue weighted by atomic mass is 32.1. The fraction of sp³-hybridized carbons (Fsp3) is 0.667. The van der Waals surface area contributed by atoms with Crippen LogP contribution in [0.5, 0.6) is 0 Å². The molecule has 0 unspecified atom stereocenters. The molecule has 0 rings (SSSR count). The normalized spacial score (nSPS) is 14.1. The van der Waals surface area contributed by atoms with E-state index in [0.29, 0.717) is 31.8 Å². The predicted octanol–water partition coefficient (Wildman–Crippen LogP) is 4.35. The van der Waals surface area contributed by atoms with E-state index in [1.54, 1.807) is 0 Å². The zero-order valence-corrected chi connectivity index (χ0v) is 12.4. The van der Waals surface area contributed by atoms with Gasteiger partial charge in [0.1, 0.15) is 0 Å². The highest BCUT2D eigenvalue weighted by Crippen LogP contribution is 2.51. The van der Waals surface area contributed by atoms with Crippen molar-refractivity contribution >= 4 is 19.4 Å². The standard InChI is InChI=1S/C12H15F7O2S/c1-20-8(5-3-4-6-22)7-9(21-2)10(13,14)11(15,16)12(17,18)19/h7,22H,1,3-6H2,2H3. The summed E-state index contributed by atoms with van der Waals surface area (Å²) in [6, 6.07) is 0. The van der Waals surface area contributed by atoms with Crippen molar-refractivity contribution < 1.29 is 39.9 Å². The minimum absolute atomic E-state index is 0.00455. The van der Waals surface area contributed by atoms with Gasteiger partial charge in [-0.2, -0.15) is 34.6 Å². The molecule has 0 radical (unpaired) electrons. The molecule has 0 atom stereocenters. The van der Waals surface area contributed by atoms with Gasteiger partial charge in [-0.25, -0.2) is 8.78 Å². The molecule has 0 aliphatic rings. The minimum Gasteiger partial charge on any atom is -0.436 e. The van der Waals surface area contributed by atoms with Crippen LogP contribution in [0.15, 0.2) is 11.8 Å². The Bertz CT molecular complexity index is 393. The fourth-order valence-corrected chi connectivity index (χ4v) is 1.58. The Morgan fingerprint density at radius 3 is 2.09 bits per heavy atom. The number of allylic oxidation sites excluding steroid dienone is 1. The van der Waals surface area contributed by atoms with E-state index in [2.05, 4.69) is 28.6 Å². The Kier molecular flexibility index (Phi) is 7.76. The van der Waals surface area contributed by atoms with Crippen molar-refractivity contribution in [3.8, 4) is 0 Å². The summed E-state index contributed by atoms with van der Waals surface area (Å²) < 4.78 is 97.7. The highest BCUT2D eigenvalue weighted by molar-refractivity contribution is 7.80. The van der Waals surface area contributed by atoms with E-state index in [4.69, 9.17) is 0 Å². The van der Waals surface area contributed by atoms with Crippen LogP contribution in [-0.4, -0.2) is 37.7 Å². The van der Waals surface area contributed by atoms with Crippen LogP contribution in [0.1, 0.15) is 19.3 Å². The van der Waals surface area contributed by atoms with E-state index in [1.165, 1.54) is 0 Å². The number of thiol groups is 1. The summed E-state index contributed by atoms with van der Waals surface area (Å²) in [7, 11) is 0.556. The topological polar surface area (TPSA) is 20.5 Å². The van der Waals surface area contributed by atoms with Crippen LogP contribution >= 0.6 is 12.6 Å². The maximum absolute atomic E-state index is 13.5. The highest BCUT2D eigenvalue weighted by Gasteiger charge is 2.72.